The summed E-state index contributed by atoms with van der Waals surface area (Å²) in [5, 5.41) is 0. The van der Waals surface area contributed by atoms with Crippen molar-refractivity contribution in [1.82, 2.24) is 0 Å². The van der Waals surface area contributed by atoms with Gasteiger partial charge in [0.25, 0.3) is 0 Å². The molecule has 0 amide bonds. The zero-order valence-electron chi connectivity index (χ0n) is 11.6. The predicted octanol–water partition coefficient (Wildman–Crippen LogP) is 2.40. The first kappa shape index (κ1) is 12.9. The Morgan fingerprint density at radius 2 is 1.79 bits per heavy atom. The second-order valence-electron chi connectivity index (χ2n) is 6.29. The molecule has 3 nitrogen and oxygen atoms in total. The Balaban J connectivity index is 1.66. The standard InChI is InChI=1S/C16H24N2O/c1-19-13-4-2-11(3-5-13)14-10-15(14)16(18)8-6-12(17)7-9-16/h2-5,12,14-15H,6-10,17-18H2,1H3. The summed E-state index contributed by atoms with van der Waals surface area (Å²) < 4.78 is 5.21. The maximum absolute atomic E-state index is 6.63. The maximum atomic E-state index is 6.63. The van der Waals surface area contributed by atoms with E-state index >= 15 is 0 Å². The van der Waals surface area contributed by atoms with Crippen molar-refractivity contribution in [2.45, 2.75) is 49.6 Å². The summed E-state index contributed by atoms with van der Waals surface area (Å²) >= 11 is 0. The highest BCUT2D eigenvalue weighted by Gasteiger charge is 2.51. The molecule has 0 spiro atoms. The Labute approximate surface area is 115 Å². The zero-order valence-corrected chi connectivity index (χ0v) is 11.6. The number of nitrogens with two attached hydrogens (primary N) is 2. The Hall–Kier alpha value is -1.06. The number of benzene rings is 1. The van der Waals surface area contributed by atoms with Crippen LogP contribution in [0.15, 0.2) is 24.3 Å². The van der Waals surface area contributed by atoms with Crippen molar-refractivity contribution in [3.8, 4) is 5.75 Å². The van der Waals surface area contributed by atoms with Gasteiger partial charge < -0.3 is 16.2 Å². The Bertz CT molecular complexity index is 435. The van der Waals surface area contributed by atoms with Gasteiger partial charge in [0, 0.05) is 11.6 Å². The highest BCUT2D eigenvalue weighted by molar-refractivity contribution is 5.34. The molecule has 3 rings (SSSR count). The van der Waals surface area contributed by atoms with E-state index in [-0.39, 0.29) is 5.54 Å². The summed E-state index contributed by atoms with van der Waals surface area (Å²) in [5.41, 5.74) is 14.1. The topological polar surface area (TPSA) is 61.3 Å². The van der Waals surface area contributed by atoms with Gasteiger partial charge in [0.15, 0.2) is 0 Å². The van der Waals surface area contributed by atoms with Crippen molar-refractivity contribution >= 4 is 0 Å². The number of hydrogen-bond acceptors (Lipinski definition) is 3. The molecular weight excluding hydrogens is 236 g/mol. The van der Waals surface area contributed by atoms with Crippen molar-refractivity contribution in [3.63, 3.8) is 0 Å². The first-order valence-corrected chi connectivity index (χ1v) is 7.31. The average molecular weight is 260 g/mol. The minimum atomic E-state index is 0.0282. The first-order valence-electron chi connectivity index (χ1n) is 7.31. The third-order valence-corrected chi connectivity index (χ3v) is 5.03. The van der Waals surface area contributed by atoms with E-state index in [9.17, 15) is 0 Å². The van der Waals surface area contributed by atoms with E-state index in [4.69, 9.17) is 16.2 Å². The summed E-state index contributed by atoms with van der Waals surface area (Å²) in [6, 6.07) is 8.83. The highest BCUT2D eigenvalue weighted by Crippen LogP contribution is 2.56. The third kappa shape index (κ3) is 2.49. The highest BCUT2D eigenvalue weighted by atomic mass is 16.5. The van der Waals surface area contributed by atoms with Crippen molar-refractivity contribution in [1.29, 1.82) is 0 Å². The molecule has 0 aliphatic heterocycles. The van der Waals surface area contributed by atoms with Crippen LogP contribution in [0.4, 0.5) is 0 Å². The lowest BCUT2D eigenvalue weighted by Crippen LogP contribution is -2.48. The molecule has 1 aromatic rings. The normalized spacial score (nSPS) is 37.9. The molecule has 19 heavy (non-hydrogen) atoms. The van der Waals surface area contributed by atoms with Crippen LogP contribution in [0.2, 0.25) is 0 Å². The Morgan fingerprint density at radius 1 is 1.16 bits per heavy atom. The average Bonchev–Trinajstić information content (AvgIpc) is 3.24. The molecular formula is C16H24N2O. The largest absolute Gasteiger partial charge is 0.497 e. The van der Waals surface area contributed by atoms with Crippen LogP contribution in [0.25, 0.3) is 0 Å². The summed E-state index contributed by atoms with van der Waals surface area (Å²) in [6.45, 7) is 0. The lowest BCUT2D eigenvalue weighted by atomic mass is 9.76. The van der Waals surface area contributed by atoms with E-state index in [1.165, 1.54) is 12.0 Å². The SMILES string of the molecule is COc1ccc(C2CC2C2(N)CCC(N)CC2)cc1. The molecule has 2 aliphatic rings. The van der Waals surface area contributed by atoms with E-state index in [0.717, 1.165) is 31.4 Å². The van der Waals surface area contributed by atoms with Crippen LogP contribution in [0, 0.1) is 5.92 Å². The van der Waals surface area contributed by atoms with Crippen LogP contribution in [0.3, 0.4) is 0 Å². The molecule has 0 saturated heterocycles. The van der Waals surface area contributed by atoms with Gasteiger partial charge in [-0.2, -0.15) is 0 Å². The van der Waals surface area contributed by atoms with E-state index < -0.39 is 0 Å². The second kappa shape index (κ2) is 4.80. The number of methoxy groups -OCH3 is 1. The molecule has 2 unspecified atom stereocenters. The van der Waals surface area contributed by atoms with Gasteiger partial charge in [0.05, 0.1) is 7.11 Å². The Morgan fingerprint density at radius 3 is 2.37 bits per heavy atom. The molecule has 3 heteroatoms. The predicted molar refractivity (Wildman–Crippen MR) is 77.2 cm³/mol. The van der Waals surface area contributed by atoms with E-state index in [2.05, 4.69) is 12.1 Å². The molecule has 0 radical (unpaired) electrons. The molecule has 2 aliphatic carbocycles. The molecule has 0 heterocycles. The van der Waals surface area contributed by atoms with E-state index in [1.807, 2.05) is 12.1 Å². The van der Waals surface area contributed by atoms with Gasteiger partial charge in [0.2, 0.25) is 0 Å². The second-order valence-corrected chi connectivity index (χ2v) is 6.29. The summed E-state index contributed by atoms with van der Waals surface area (Å²) in [7, 11) is 1.70. The van der Waals surface area contributed by atoms with Gasteiger partial charge in [-0.15, -0.1) is 0 Å². The van der Waals surface area contributed by atoms with Gasteiger partial charge in [-0.05, 0) is 61.6 Å². The molecule has 104 valence electrons. The van der Waals surface area contributed by atoms with Crippen molar-refractivity contribution in [3.05, 3.63) is 29.8 Å². The third-order valence-electron chi connectivity index (χ3n) is 5.03. The zero-order chi connectivity index (χ0) is 13.5. The molecule has 1 aromatic carbocycles. The minimum Gasteiger partial charge on any atom is -0.497 e. The molecule has 2 fully saturated rings. The van der Waals surface area contributed by atoms with Gasteiger partial charge in [0.1, 0.15) is 5.75 Å². The van der Waals surface area contributed by atoms with Gasteiger partial charge in [-0.3, -0.25) is 0 Å². The van der Waals surface area contributed by atoms with Gasteiger partial charge in [-0.1, -0.05) is 12.1 Å². The van der Waals surface area contributed by atoms with Crippen LogP contribution in [-0.2, 0) is 0 Å². The fraction of sp³-hybridized carbons (Fsp3) is 0.625. The number of ether oxygens (including phenoxy) is 1. The monoisotopic (exact) mass is 260 g/mol. The van der Waals surface area contributed by atoms with Crippen LogP contribution < -0.4 is 16.2 Å². The van der Waals surface area contributed by atoms with Crippen molar-refractivity contribution < 1.29 is 4.74 Å². The Kier molecular flexibility index (Phi) is 3.27. The fourth-order valence-corrected chi connectivity index (χ4v) is 3.60. The summed E-state index contributed by atoms with van der Waals surface area (Å²) in [4.78, 5) is 0. The van der Waals surface area contributed by atoms with Crippen LogP contribution in [-0.4, -0.2) is 18.7 Å². The fourth-order valence-electron chi connectivity index (χ4n) is 3.60. The molecule has 2 atom stereocenters. The molecule has 0 bridgehead atoms. The molecule has 0 aromatic heterocycles. The van der Waals surface area contributed by atoms with Gasteiger partial charge >= 0.3 is 0 Å². The lowest BCUT2D eigenvalue weighted by Gasteiger charge is -2.36. The quantitative estimate of drug-likeness (QED) is 0.877. The minimum absolute atomic E-state index is 0.0282. The molecule has 2 saturated carbocycles. The summed E-state index contributed by atoms with van der Waals surface area (Å²) in [6.07, 6.45) is 5.58. The summed E-state index contributed by atoms with van der Waals surface area (Å²) in [5.74, 6) is 2.21. The van der Waals surface area contributed by atoms with Crippen LogP contribution in [0.1, 0.15) is 43.6 Å². The van der Waals surface area contributed by atoms with Crippen LogP contribution >= 0.6 is 0 Å². The first-order chi connectivity index (χ1) is 9.12. The maximum Gasteiger partial charge on any atom is 0.118 e. The smallest absolute Gasteiger partial charge is 0.118 e. The van der Waals surface area contributed by atoms with Crippen molar-refractivity contribution in [2.24, 2.45) is 17.4 Å². The number of rotatable bonds is 3. The van der Waals surface area contributed by atoms with Crippen LogP contribution in [0.5, 0.6) is 5.75 Å². The van der Waals surface area contributed by atoms with Gasteiger partial charge in [-0.25, -0.2) is 0 Å². The lowest BCUT2D eigenvalue weighted by molar-refractivity contribution is 0.239. The number of hydrogen-bond donors (Lipinski definition) is 2. The van der Waals surface area contributed by atoms with E-state index in [0.29, 0.717) is 17.9 Å². The van der Waals surface area contributed by atoms with E-state index in [1.54, 1.807) is 7.11 Å². The van der Waals surface area contributed by atoms with Crippen molar-refractivity contribution in [2.75, 3.05) is 7.11 Å². The molecule has 4 N–H and O–H groups in total.